The molecule has 1 aliphatic carbocycles. The molecule has 1 fully saturated rings. The van der Waals surface area contributed by atoms with Gasteiger partial charge in [-0.25, -0.2) is 0 Å². The zero-order chi connectivity index (χ0) is 10.9. The highest BCUT2D eigenvalue weighted by molar-refractivity contribution is 4.94. The first kappa shape index (κ1) is 12.1. The molecule has 0 heterocycles. The number of rotatable bonds is 5. The lowest BCUT2D eigenvalue weighted by Gasteiger charge is -2.27. The largest absolute Gasteiger partial charge is 0.313 e. The summed E-state index contributed by atoms with van der Waals surface area (Å²) in [5.74, 6) is 2.87. The maximum Gasteiger partial charge on any atom is 0.0672 e. The fourth-order valence-corrected chi connectivity index (χ4v) is 2.17. The molecule has 2 heteroatoms. The Morgan fingerprint density at radius 3 is 2.80 bits per heavy atom. The van der Waals surface area contributed by atoms with E-state index in [0.717, 1.165) is 38.6 Å². The van der Waals surface area contributed by atoms with Gasteiger partial charge < -0.3 is 5.32 Å². The van der Waals surface area contributed by atoms with Crippen molar-refractivity contribution in [3.05, 3.63) is 0 Å². The molecule has 0 radical (unpaired) electrons. The number of terminal acetylenes is 1. The van der Waals surface area contributed by atoms with Crippen LogP contribution in [-0.4, -0.2) is 12.6 Å². The first-order valence-electron chi connectivity index (χ1n) is 5.95. The van der Waals surface area contributed by atoms with Crippen LogP contribution in [0.2, 0.25) is 0 Å². The van der Waals surface area contributed by atoms with E-state index in [1.807, 2.05) is 0 Å². The number of nitrogens with zero attached hydrogens (tertiary/aromatic N) is 1. The standard InChI is InChI=1S/C13H20N2/c1-2-3-4-7-10-15-13-9-6-5-8-12(13)11-14/h1,12-13,15H,3-10H2. The van der Waals surface area contributed by atoms with Crippen molar-refractivity contribution in [2.45, 2.75) is 51.0 Å². The summed E-state index contributed by atoms with van der Waals surface area (Å²) in [5, 5.41) is 12.5. The SMILES string of the molecule is C#CCCCCNC1CCCCC1C#N. The van der Waals surface area contributed by atoms with Gasteiger partial charge in [-0.1, -0.05) is 12.8 Å². The Labute approximate surface area is 93.1 Å². The molecule has 0 bridgehead atoms. The molecule has 0 aromatic heterocycles. The van der Waals surface area contributed by atoms with E-state index >= 15 is 0 Å². The number of nitriles is 1. The van der Waals surface area contributed by atoms with Crippen LogP contribution in [-0.2, 0) is 0 Å². The molecule has 15 heavy (non-hydrogen) atoms. The smallest absolute Gasteiger partial charge is 0.0672 e. The first-order chi connectivity index (χ1) is 7.38. The van der Waals surface area contributed by atoms with Crippen molar-refractivity contribution in [2.75, 3.05) is 6.54 Å². The molecular formula is C13H20N2. The van der Waals surface area contributed by atoms with E-state index in [1.54, 1.807) is 0 Å². The molecule has 0 spiro atoms. The van der Waals surface area contributed by atoms with Gasteiger partial charge in [-0.2, -0.15) is 5.26 Å². The molecule has 0 aliphatic heterocycles. The molecule has 82 valence electrons. The Kier molecular flexibility index (Phi) is 5.90. The third-order valence-electron chi connectivity index (χ3n) is 3.09. The van der Waals surface area contributed by atoms with Crippen LogP contribution in [0.5, 0.6) is 0 Å². The van der Waals surface area contributed by atoms with Gasteiger partial charge >= 0.3 is 0 Å². The molecule has 1 rings (SSSR count). The van der Waals surface area contributed by atoms with Crippen LogP contribution in [0.1, 0.15) is 44.9 Å². The van der Waals surface area contributed by atoms with Gasteiger partial charge in [-0.3, -0.25) is 0 Å². The predicted molar refractivity (Wildman–Crippen MR) is 62.0 cm³/mol. The summed E-state index contributed by atoms with van der Waals surface area (Å²) in [6, 6.07) is 2.84. The minimum absolute atomic E-state index is 0.228. The molecule has 1 saturated carbocycles. The maximum absolute atomic E-state index is 8.99. The number of unbranched alkanes of at least 4 members (excludes halogenated alkanes) is 2. The molecule has 0 amide bonds. The third-order valence-corrected chi connectivity index (χ3v) is 3.09. The van der Waals surface area contributed by atoms with Gasteiger partial charge in [0, 0.05) is 12.5 Å². The second-order valence-corrected chi connectivity index (χ2v) is 4.24. The van der Waals surface area contributed by atoms with E-state index in [9.17, 15) is 0 Å². The van der Waals surface area contributed by atoms with E-state index < -0.39 is 0 Å². The van der Waals surface area contributed by atoms with Crippen molar-refractivity contribution >= 4 is 0 Å². The third kappa shape index (κ3) is 4.36. The van der Waals surface area contributed by atoms with Crippen LogP contribution in [0.3, 0.4) is 0 Å². The van der Waals surface area contributed by atoms with E-state index in [2.05, 4.69) is 17.3 Å². The number of nitrogens with one attached hydrogen (secondary N) is 1. The average molecular weight is 204 g/mol. The Morgan fingerprint density at radius 1 is 1.27 bits per heavy atom. The second-order valence-electron chi connectivity index (χ2n) is 4.24. The van der Waals surface area contributed by atoms with Crippen molar-refractivity contribution in [1.82, 2.24) is 5.32 Å². The molecule has 0 aromatic carbocycles. The summed E-state index contributed by atoms with van der Waals surface area (Å²) >= 11 is 0. The Morgan fingerprint density at radius 2 is 2.07 bits per heavy atom. The van der Waals surface area contributed by atoms with E-state index in [0.29, 0.717) is 6.04 Å². The zero-order valence-corrected chi connectivity index (χ0v) is 9.34. The minimum atomic E-state index is 0.228. The molecule has 0 aromatic rings. The predicted octanol–water partition coefficient (Wildman–Crippen LogP) is 2.46. The minimum Gasteiger partial charge on any atom is -0.313 e. The molecule has 1 aliphatic rings. The Balaban J connectivity index is 2.14. The van der Waals surface area contributed by atoms with Crippen molar-refractivity contribution in [2.24, 2.45) is 5.92 Å². The highest BCUT2D eigenvalue weighted by Crippen LogP contribution is 2.23. The topological polar surface area (TPSA) is 35.8 Å². The normalized spacial score (nSPS) is 25.5. The van der Waals surface area contributed by atoms with Crippen molar-refractivity contribution in [3.63, 3.8) is 0 Å². The highest BCUT2D eigenvalue weighted by Gasteiger charge is 2.23. The molecular weight excluding hydrogens is 184 g/mol. The molecule has 2 nitrogen and oxygen atoms in total. The van der Waals surface area contributed by atoms with Crippen molar-refractivity contribution < 1.29 is 0 Å². The van der Waals surface area contributed by atoms with Gasteiger partial charge in [0.2, 0.25) is 0 Å². The molecule has 2 unspecified atom stereocenters. The summed E-state index contributed by atoms with van der Waals surface area (Å²) in [5.41, 5.74) is 0. The van der Waals surface area contributed by atoms with Gasteiger partial charge in [0.05, 0.1) is 12.0 Å². The summed E-state index contributed by atoms with van der Waals surface area (Å²) in [7, 11) is 0. The van der Waals surface area contributed by atoms with Crippen molar-refractivity contribution in [3.8, 4) is 18.4 Å². The fourth-order valence-electron chi connectivity index (χ4n) is 2.17. The Bertz CT molecular complexity index is 246. The Hall–Kier alpha value is -0.990. The summed E-state index contributed by atoms with van der Waals surface area (Å²) < 4.78 is 0. The number of hydrogen-bond donors (Lipinski definition) is 1. The van der Waals surface area contributed by atoms with Crippen LogP contribution in [0.4, 0.5) is 0 Å². The van der Waals surface area contributed by atoms with Crippen LogP contribution >= 0.6 is 0 Å². The maximum atomic E-state index is 8.99. The quantitative estimate of drug-likeness (QED) is 0.551. The van der Waals surface area contributed by atoms with Gasteiger partial charge in [0.25, 0.3) is 0 Å². The lowest BCUT2D eigenvalue weighted by Crippen LogP contribution is -2.38. The summed E-state index contributed by atoms with van der Waals surface area (Å²) in [6.45, 7) is 1.00. The molecule has 1 N–H and O–H groups in total. The molecule has 0 saturated heterocycles. The monoisotopic (exact) mass is 204 g/mol. The number of hydrogen-bond acceptors (Lipinski definition) is 2. The zero-order valence-electron chi connectivity index (χ0n) is 9.34. The van der Waals surface area contributed by atoms with Crippen LogP contribution in [0, 0.1) is 29.6 Å². The highest BCUT2D eigenvalue weighted by atomic mass is 14.9. The van der Waals surface area contributed by atoms with E-state index in [1.165, 1.54) is 12.8 Å². The molecule has 2 atom stereocenters. The average Bonchev–Trinajstić information content (AvgIpc) is 2.29. The van der Waals surface area contributed by atoms with Crippen LogP contribution in [0.15, 0.2) is 0 Å². The first-order valence-corrected chi connectivity index (χ1v) is 5.95. The summed E-state index contributed by atoms with van der Waals surface area (Å²) in [4.78, 5) is 0. The second kappa shape index (κ2) is 7.32. The fraction of sp³-hybridized carbons (Fsp3) is 0.769. The van der Waals surface area contributed by atoms with Gasteiger partial charge in [-0.15, -0.1) is 12.3 Å². The van der Waals surface area contributed by atoms with Crippen LogP contribution < -0.4 is 5.32 Å². The van der Waals surface area contributed by atoms with Gasteiger partial charge in [0.15, 0.2) is 0 Å². The van der Waals surface area contributed by atoms with Crippen molar-refractivity contribution in [1.29, 1.82) is 5.26 Å². The van der Waals surface area contributed by atoms with Gasteiger partial charge in [0.1, 0.15) is 0 Å². The van der Waals surface area contributed by atoms with Crippen LogP contribution in [0.25, 0.3) is 0 Å². The summed E-state index contributed by atoms with van der Waals surface area (Å²) in [6.07, 6.45) is 13.0. The lowest BCUT2D eigenvalue weighted by atomic mass is 9.85. The lowest BCUT2D eigenvalue weighted by molar-refractivity contribution is 0.311. The van der Waals surface area contributed by atoms with E-state index in [4.69, 9.17) is 11.7 Å². The van der Waals surface area contributed by atoms with Gasteiger partial charge in [-0.05, 0) is 32.2 Å². The van der Waals surface area contributed by atoms with E-state index in [-0.39, 0.29) is 5.92 Å².